The van der Waals surface area contributed by atoms with Gasteiger partial charge >= 0.3 is 5.97 Å². The van der Waals surface area contributed by atoms with E-state index in [0.29, 0.717) is 12.3 Å². The first-order chi connectivity index (χ1) is 11.1. The Morgan fingerprint density at radius 1 is 1.13 bits per heavy atom. The second-order valence-corrected chi connectivity index (χ2v) is 7.15. The van der Waals surface area contributed by atoms with E-state index in [1.807, 2.05) is 6.08 Å². The number of rotatable bonds is 13. The highest BCUT2D eigenvalue weighted by Crippen LogP contribution is 2.36. The van der Waals surface area contributed by atoms with Gasteiger partial charge in [-0.15, -0.1) is 0 Å². The zero-order valence-electron chi connectivity index (χ0n) is 14.9. The smallest absolute Gasteiger partial charge is 0.303 e. The minimum absolute atomic E-state index is 0.265. The van der Waals surface area contributed by atoms with E-state index in [1.165, 1.54) is 44.9 Å². The zero-order valence-corrected chi connectivity index (χ0v) is 14.9. The highest BCUT2D eigenvalue weighted by atomic mass is 16.4. The van der Waals surface area contributed by atoms with Crippen molar-refractivity contribution in [2.45, 2.75) is 96.5 Å². The molecule has 2 N–H and O–H groups in total. The second kappa shape index (κ2) is 12.6. The molecule has 0 aromatic heterocycles. The van der Waals surface area contributed by atoms with Crippen LogP contribution >= 0.6 is 0 Å². The van der Waals surface area contributed by atoms with Gasteiger partial charge in [0, 0.05) is 6.42 Å². The molecule has 0 aliphatic heterocycles. The third kappa shape index (κ3) is 9.80. The molecule has 3 nitrogen and oxygen atoms in total. The molecule has 1 fully saturated rings. The van der Waals surface area contributed by atoms with Gasteiger partial charge in [-0.2, -0.15) is 0 Å². The lowest BCUT2D eigenvalue weighted by Gasteiger charge is -2.16. The molecular formula is C20H36O3. The second-order valence-electron chi connectivity index (χ2n) is 7.15. The molecule has 0 radical (unpaired) electrons. The Bertz CT molecular complexity index is 338. The van der Waals surface area contributed by atoms with E-state index in [0.717, 1.165) is 38.0 Å². The van der Waals surface area contributed by atoms with E-state index in [9.17, 15) is 9.90 Å². The lowest BCUT2D eigenvalue weighted by Crippen LogP contribution is -2.08. The predicted molar refractivity (Wildman–Crippen MR) is 95.5 cm³/mol. The molecule has 1 rings (SSSR count). The number of carboxylic acids is 1. The molecule has 0 aromatic rings. The summed E-state index contributed by atoms with van der Waals surface area (Å²) >= 11 is 0. The van der Waals surface area contributed by atoms with Crippen LogP contribution < -0.4 is 0 Å². The molecule has 23 heavy (non-hydrogen) atoms. The molecule has 1 aliphatic carbocycles. The first-order valence-electron chi connectivity index (χ1n) is 9.71. The van der Waals surface area contributed by atoms with E-state index in [4.69, 9.17) is 5.11 Å². The van der Waals surface area contributed by atoms with E-state index >= 15 is 0 Å². The molecule has 0 bridgehead atoms. The van der Waals surface area contributed by atoms with Crippen LogP contribution in [0.1, 0.15) is 90.4 Å². The van der Waals surface area contributed by atoms with Gasteiger partial charge in [-0.25, -0.2) is 0 Å². The largest absolute Gasteiger partial charge is 0.481 e. The molecule has 0 aromatic carbocycles. The van der Waals surface area contributed by atoms with Gasteiger partial charge in [0.1, 0.15) is 0 Å². The van der Waals surface area contributed by atoms with Gasteiger partial charge in [0.25, 0.3) is 0 Å². The first-order valence-corrected chi connectivity index (χ1v) is 9.71. The Labute approximate surface area is 142 Å². The van der Waals surface area contributed by atoms with Crippen LogP contribution in [0, 0.1) is 11.8 Å². The topological polar surface area (TPSA) is 57.5 Å². The third-order valence-corrected chi connectivity index (χ3v) is 5.12. The average molecular weight is 325 g/mol. The fraction of sp³-hybridized carbons (Fsp3) is 0.850. The van der Waals surface area contributed by atoms with Crippen molar-refractivity contribution in [3.8, 4) is 0 Å². The molecule has 0 spiro atoms. The molecule has 1 aliphatic rings. The SMILES string of the molecule is CCCCC[C@H](O)/C=C/[C@H]1CCC[C@@H]1CCCCCCC(=O)O. The highest BCUT2D eigenvalue weighted by Gasteiger charge is 2.24. The molecule has 3 atom stereocenters. The quantitative estimate of drug-likeness (QED) is 0.356. The Kier molecular flexibility index (Phi) is 11.1. The average Bonchev–Trinajstić information content (AvgIpc) is 2.96. The van der Waals surface area contributed by atoms with Crippen molar-refractivity contribution in [3.05, 3.63) is 12.2 Å². The Morgan fingerprint density at radius 3 is 2.65 bits per heavy atom. The molecule has 0 amide bonds. The summed E-state index contributed by atoms with van der Waals surface area (Å²) in [5, 5.41) is 18.6. The summed E-state index contributed by atoms with van der Waals surface area (Å²) in [4.78, 5) is 10.5. The summed E-state index contributed by atoms with van der Waals surface area (Å²) in [6.07, 6.45) is 18.1. The van der Waals surface area contributed by atoms with Crippen LogP contribution in [0.4, 0.5) is 0 Å². The molecule has 134 valence electrons. The molecule has 0 saturated heterocycles. The number of carboxylic acid groups (broad SMARTS) is 1. The minimum Gasteiger partial charge on any atom is -0.481 e. The van der Waals surface area contributed by atoms with E-state index in [2.05, 4.69) is 13.0 Å². The minimum atomic E-state index is -0.677. The van der Waals surface area contributed by atoms with Crippen LogP contribution in [0.2, 0.25) is 0 Å². The van der Waals surface area contributed by atoms with Crippen LogP contribution in [0.3, 0.4) is 0 Å². The number of aliphatic carboxylic acids is 1. The number of carbonyl (C=O) groups is 1. The van der Waals surface area contributed by atoms with Gasteiger partial charge < -0.3 is 10.2 Å². The Balaban J connectivity index is 2.16. The fourth-order valence-corrected chi connectivity index (χ4v) is 3.68. The molecule has 0 heterocycles. The molecule has 1 saturated carbocycles. The van der Waals surface area contributed by atoms with Crippen molar-refractivity contribution in [2.75, 3.05) is 0 Å². The van der Waals surface area contributed by atoms with Gasteiger partial charge in [0.15, 0.2) is 0 Å². The summed E-state index contributed by atoms with van der Waals surface area (Å²) in [7, 11) is 0. The summed E-state index contributed by atoms with van der Waals surface area (Å²) in [5.41, 5.74) is 0. The van der Waals surface area contributed by atoms with Crippen molar-refractivity contribution in [1.29, 1.82) is 0 Å². The standard InChI is InChI=1S/C20H36O3/c1-2-3-6-13-19(21)16-15-18-12-9-11-17(18)10-7-4-5-8-14-20(22)23/h15-19,21H,2-14H2,1H3,(H,22,23)/b16-15+/t17-,18+,19-/m0/s1. The van der Waals surface area contributed by atoms with E-state index in [-0.39, 0.29) is 6.10 Å². The highest BCUT2D eigenvalue weighted by molar-refractivity contribution is 5.66. The first kappa shape index (κ1) is 20.2. The molecule has 0 unspecified atom stereocenters. The van der Waals surface area contributed by atoms with Crippen molar-refractivity contribution in [3.63, 3.8) is 0 Å². The summed E-state index contributed by atoms with van der Waals surface area (Å²) in [6.45, 7) is 2.19. The Morgan fingerprint density at radius 2 is 1.91 bits per heavy atom. The van der Waals surface area contributed by atoms with Crippen molar-refractivity contribution in [2.24, 2.45) is 11.8 Å². The van der Waals surface area contributed by atoms with Gasteiger partial charge in [0.05, 0.1) is 6.10 Å². The summed E-state index contributed by atoms with van der Waals surface area (Å²) in [6, 6.07) is 0. The fourth-order valence-electron chi connectivity index (χ4n) is 3.68. The zero-order chi connectivity index (χ0) is 16.9. The maximum atomic E-state index is 10.5. The maximum absolute atomic E-state index is 10.5. The Hall–Kier alpha value is -0.830. The van der Waals surface area contributed by atoms with Crippen LogP contribution in [0.5, 0.6) is 0 Å². The number of aliphatic hydroxyl groups is 1. The van der Waals surface area contributed by atoms with Gasteiger partial charge in [0.2, 0.25) is 0 Å². The van der Waals surface area contributed by atoms with Crippen molar-refractivity contribution < 1.29 is 15.0 Å². The number of unbranched alkanes of at least 4 members (excludes halogenated alkanes) is 5. The van der Waals surface area contributed by atoms with Crippen molar-refractivity contribution >= 4 is 5.97 Å². The van der Waals surface area contributed by atoms with E-state index in [1.54, 1.807) is 0 Å². The van der Waals surface area contributed by atoms with E-state index < -0.39 is 5.97 Å². The van der Waals surface area contributed by atoms with Crippen LogP contribution in [0.15, 0.2) is 12.2 Å². The van der Waals surface area contributed by atoms with Gasteiger partial charge in [-0.05, 0) is 43.9 Å². The van der Waals surface area contributed by atoms with Crippen LogP contribution in [-0.2, 0) is 4.79 Å². The molecule has 3 heteroatoms. The van der Waals surface area contributed by atoms with Gasteiger partial charge in [-0.3, -0.25) is 4.79 Å². The third-order valence-electron chi connectivity index (χ3n) is 5.12. The van der Waals surface area contributed by atoms with Crippen molar-refractivity contribution in [1.82, 2.24) is 0 Å². The molecular weight excluding hydrogens is 288 g/mol. The number of hydrogen-bond donors (Lipinski definition) is 2. The summed E-state index contributed by atoms with van der Waals surface area (Å²) < 4.78 is 0. The van der Waals surface area contributed by atoms with Crippen LogP contribution in [0.25, 0.3) is 0 Å². The van der Waals surface area contributed by atoms with Gasteiger partial charge in [-0.1, -0.05) is 64.0 Å². The predicted octanol–water partition coefficient (Wildman–Crippen LogP) is 5.33. The number of hydrogen-bond acceptors (Lipinski definition) is 2. The normalized spacial score (nSPS) is 22.7. The lowest BCUT2D eigenvalue weighted by atomic mass is 9.89. The lowest BCUT2D eigenvalue weighted by molar-refractivity contribution is -0.137. The summed E-state index contributed by atoms with van der Waals surface area (Å²) in [5.74, 6) is 0.742. The number of allylic oxidation sites excluding steroid dienone is 1. The van der Waals surface area contributed by atoms with Crippen LogP contribution in [-0.4, -0.2) is 22.3 Å². The monoisotopic (exact) mass is 324 g/mol. The number of aliphatic hydroxyl groups excluding tert-OH is 1. The maximum Gasteiger partial charge on any atom is 0.303 e.